The van der Waals surface area contributed by atoms with Crippen molar-refractivity contribution >= 4 is 29.0 Å². The second-order valence-electron chi connectivity index (χ2n) is 10.3. The van der Waals surface area contributed by atoms with E-state index in [4.69, 9.17) is 5.73 Å². The van der Waals surface area contributed by atoms with Gasteiger partial charge in [-0.2, -0.15) is 0 Å². The number of fused-ring (bicyclic) bond motifs is 3. The van der Waals surface area contributed by atoms with E-state index in [9.17, 15) is 38.6 Å². The second-order valence-corrected chi connectivity index (χ2v) is 10.3. The van der Waals surface area contributed by atoms with Gasteiger partial charge in [0.1, 0.15) is 12.4 Å². The van der Waals surface area contributed by atoms with Crippen molar-refractivity contribution in [2.75, 3.05) is 13.2 Å². The Kier molecular flexibility index (Phi) is 6.48. The van der Waals surface area contributed by atoms with Crippen LogP contribution in [0.1, 0.15) is 34.3 Å². The summed E-state index contributed by atoms with van der Waals surface area (Å²) in [5, 5.41) is 24.9. The van der Waals surface area contributed by atoms with Crippen molar-refractivity contribution in [3.63, 3.8) is 0 Å². The Morgan fingerprint density at radius 1 is 1.05 bits per heavy atom. The summed E-state index contributed by atoms with van der Waals surface area (Å²) in [7, 11) is 0. The molecule has 2 aromatic rings. The predicted molar refractivity (Wildman–Crippen MR) is 132 cm³/mol. The topological polar surface area (TPSA) is 164 Å². The molecule has 3 aliphatic carbocycles. The Labute approximate surface area is 217 Å². The third-order valence-corrected chi connectivity index (χ3v) is 8.15. The van der Waals surface area contributed by atoms with Crippen LogP contribution in [0, 0.1) is 23.7 Å². The number of aromatic hydroxyl groups is 1. The van der Waals surface area contributed by atoms with Gasteiger partial charge in [-0.25, -0.2) is 4.39 Å². The minimum absolute atomic E-state index is 0.0370. The molecule has 0 saturated heterocycles. The number of primary amides is 1. The van der Waals surface area contributed by atoms with Crippen molar-refractivity contribution in [2.24, 2.45) is 29.4 Å². The molecule has 0 aliphatic heterocycles. The number of ketones is 4. The van der Waals surface area contributed by atoms with Crippen LogP contribution in [-0.4, -0.2) is 58.1 Å². The van der Waals surface area contributed by atoms with E-state index in [1.54, 1.807) is 6.07 Å². The highest BCUT2D eigenvalue weighted by Crippen LogP contribution is 2.51. The molecule has 1 amide bonds. The number of hydrogen-bond donors (Lipinski definition) is 4. The molecule has 2 fully saturated rings. The molecule has 0 bridgehead atoms. The van der Waals surface area contributed by atoms with Crippen LogP contribution in [0.4, 0.5) is 4.39 Å². The van der Waals surface area contributed by atoms with Crippen LogP contribution in [0.3, 0.4) is 0 Å². The first-order chi connectivity index (χ1) is 18.1. The lowest BCUT2D eigenvalue weighted by molar-refractivity contribution is -0.175. The summed E-state index contributed by atoms with van der Waals surface area (Å²) in [6.45, 7) is 0.260. The van der Waals surface area contributed by atoms with E-state index in [1.807, 2.05) is 24.3 Å². The number of hydrogen-bond acceptors (Lipinski definition) is 8. The highest BCUT2D eigenvalue weighted by atomic mass is 19.1. The fourth-order valence-corrected chi connectivity index (χ4v) is 6.34. The summed E-state index contributed by atoms with van der Waals surface area (Å²) in [4.78, 5) is 64.5. The van der Waals surface area contributed by atoms with E-state index in [1.165, 1.54) is 6.07 Å². The van der Waals surface area contributed by atoms with Gasteiger partial charge in [0.2, 0.25) is 5.91 Å². The summed E-state index contributed by atoms with van der Waals surface area (Å²) in [6, 6.07) is 10.5. The third-order valence-electron chi connectivity index (χ3n) is 8.15. The van der Waals surface area contributed by atoms with Crippen LogP contribution in [-0.2, 0) is 32.1 Å². The zero-order valence-corrected chi connectivity index (χ0v) is 20.4. The lowest BCUT2D eigenvalue weighted by atomic mass is 9.53. The van der Waals surface area contributed by atoms with Crippen LogP contribution in [0.5, 0.6) is 5.75 Å². The first kappa shape index (κ1) is 25.9. The van der Waals surface area contributed by atoms with Gasteiger partial charge in [-0.3, -0.25) is 24.0 Å². The first-order valence-electron chi connectivity index (χ1n) is 12.5. The smallest absolute Gasteiger partial charge is 0.235 e. The number of phenols is 1. The number of rotatable bonds is 6. The standard InChI is InChI=1S/C28H27FN2O7/c29-7-8-31-12-13-1-3-14(4-2-13)17-5-6-19(32)22-18(17)10-15-9-16-11-20(33)23(27(30)37)26(36)28(16,38)25(35)21(15)24(22)34/h1-6,15-16,21,23,31-32,38H,7-12H2,(H2,30,37)/t15-,16+,21?,23?,28+/m1/s1. The molecule has 0 heterocycles. The largest absolute Gasteiger partial charge is 0.507 e. The predicted octanol–water partition coefficient (Wildman–Crippen LogP) is 1.05. The number of Topliss-reactive ketones (excluding diaryl/α,β-unsaturated/α-hetero) is 4. The van der Waals surface area contributed by atoms with Gasteiger partial charge in [-0.15, -0.1) is 0 Å². The fourth-order valence-electron chi connectivity index (χ4n) is 6.34. The summed E-state index contributed by atoms with van der Waals surface area (Å²) < 4.78 is 12.4. The minimum atomic E-state index is -2.67. The van der Waals surface area contributed by atoms with Gasteiger partial charge in [0.05, 0.1) is 11.5 Å². The van der Waals surface area contributed by atoms with Crippen LogP contribution in [0.15, 0.2) is 36.4 Å². The van der Waals surface area contributed by atoms with E-state index in [-0.39, 0.29) is 37.1 Å². The van der Waals surface area contributed by atoms with Crippen molar-refractivity contribution in [1.29, 1.82) is 0 Å². The maximum Gasteiger partial charge on any atom is 0.235 e. The molecule has 2 unspecified atom stereocenters. The highest BCUT2D eigenvalue weighted by molar-refractivity contribution is 6.31. The number of aliphatic hydroxyl groups is 1. The maximum absolute atomic E-state index is 13.7. The van der Waals surface area contributed by atoms with Gasteiger partial charge in [-0.1, -0.05) is 30.3 Å². The van der Waals surface area contributed by atoms with Gasteiger partial charge in [0.25, 0.3) is 0 Å². The maximum atomic E-state index is 13.7. The number of alkyl halides is 1. The monoisotopic (exact) mass is 522 g/mol. The number of benzene rings is 2. The Balaban J connectivity index is 1.52. The lowest BCUT2D eigenvalue weighted by Crippen LogP contribution is -2.68. The number of carbonyl (C=O) groups excluding carboxylic acids is 5. The van der Waals surface area contributed by atoms with Crippen LogP contribution in [0.25, 0.3) is 11.1 Å². The van der Waals surface area contributed by atoms with Crippen molar-refractivity contribution < 1.29 is 38.6 Å². The van der Waals surface area contributed by atoms with Crippen LogP contribution in [0.2, 0.25) is 0 Å². The number of nitrogens with one attached hydrogen (secondary N) is 1. The molecular formula is C28H27FN2O7. The Hall–Kier alpha value is -3.76. The van der Waals surface area contributed by atoms with Crippen LogP contribution < -0.4 is 11.1 Å². The second kappa shape index (κ2) is 9.52. The average Bonchev–Trinajstić information content (AvgIpc) is 2.87. The van der Waals surface area contributed by atoms with E-state index < -0.39 is 65.0 Å². The van der Waals surface area contributed by atoms with Gasteiger partial charge in [0.15, 0.2) is 34.7 Å². The SMILES string of the molecule is NC(=O)C1C(=O)C[C@@H]2C[C@@H]3Cc4c(-c5ccc(CNCCF)cc5)ccc(O)c4C(=O)C3C(=O)[C@]2(O)C1=O. The number of halogens is 1. The minimum Gasteiger partial charge on any atom is -0.507 e. The highest BCUT2D eigenvalue weighted by Gasteiger charge is 2.66. The Bertz CT molecular complexity index is 1370. The molecule has 3 aliphatic rings. The molecule has 5 rings (SSSR count). The van der Waals surface area contributed by atoms with E-state index in [0.29, 0.717) is 17.7 Å². The number of nitrogens with two attached hydrogens (primary N) is 1. The van der Waals surface area contributed by atoms with E-state index in [2.05, 4.69) is 5.32 Å². The summed E-state index contributed by atoms with van der Waals surface area (Å²) >= 11 is 0. The summed E-state index contributed by atoms with van der Waals surface area (Å²) in [5.74, 6) is -10.3. The van der Waals surface area contributed by atoms with Crippen molar-refractivity contribution in [3.8, 4) is 16.9 Å². The molecule has 9 nitrogen and oxygen atoms in total. The molecule has 38 heavy (non-hydrogen) atoms. The Morgan fingerprint density at radius 3 is 2.42 bits per heavy atom. The molecule has 2 saturated carbocycles. The molecule has 2 aromatic carbocycles. The Morgan fingerprint density at radius 2 is 1.76 bits per heavy atom. The molecule has 5 atom stereocenters. The fraction of sp³-hybridized carbons (Fsp3) is 0.393. The lowest BCUT2D eigenvalue weighted by Gasteiger charge is -2.48. The summed E-state index contributed by atoms with van der Waals surface area (Å²) in [6.07, 6.45) is -0.138. The third kappa shape index (κ3) is 3.86. The van der Waals surface area contributed by atoms with E-state index >= 15 is 0 Å². The zero-order chi connectivity index (χ0) is 27.4. The van der Waals surface area contributed by atoms with Gasteiger partial charge >= 0.3 is 0 Å². The number of carbonyl (C=O) groups is 5. The average molecular weight is 523 g/mol. The molecule has 0 radical (unpaired) electrons. The van der Waals surface area contributed by atoms with Crippen molar-refractivity contribution in [3.05, 3.63) is 53.1 Å². The van der Waals surface area contributed by atoms with Gasteiger partial charge in [0, 0.05) is 25.4 Å². The normalized spacial score (nSPS) is 28.5. The van der Waals surface area contributed by atoms with Crippen molar-refractivity contribution in [1.82, 2.24) is 5.32 Å². The molecule has 0 aromatic heterocycles. The molecule has 0 spiro atoms. The molecule has 198 valence electrons. The quantitative estimate of drug-likeness (QED) is 0.323. The van der Waals surface area contributed by atoms with Gasteiger partial charge in [-0.05, 0) is 47.1 Å². The molecular weight excluding hydrogens is 495 g/mol. The molecule has 10 heteroatoms. The van der Waals surface area contributed by atoms with Crippen molar-refractivity contribution in [2.45, 2.75) is 31.4 Å². The van der Waals surface area contributed by atoms with Crippen LogP contribution >= 0.6 is 0 Å². The number of phenolic OH excluding ortho intramolecular Hbond substituents is 1. The number of amides is 1. The summed E-state index contributed by atoms with van der Waals surface area (Å²) in [5.41, 5.74) is 5.43. The molecule has 5 N–H and O–H groups in total. The van der Waals surface area contributed by atoms with Gasteiger partial charge < -0.3 is 21.3 Å². The zero-order valence-electron chi connectivity index (χ0n) is 20.4. The van der Waals surface area contributed by atoms with E-state index in [0.717, 1.165) is 11.1 Å². The first-order valence-corrected chi connectivity index (χ1v) is 12.5.